The van der Waals surface area contributed by atoms with Crippen LogP contribution in [0.1, 0.15) is 33.2 Å². The molecule has 6 heteroatoms. The van der Waals surface area contributed by atoms with Gasteiger partial charge in [-0.25, -0.2) is 4.79 Å². The number of amides is 2. The van der Waals surface area contributed by atoms with Crippen molar-refractivity contribution in [2.45, 2.75) is 13.3 Å². The molecule has 0 aliphatic rings. The zero-order valence-electron chi connectivity index (χ0n) is 13.2. The number of anilines is 1. The second-order valence-corrected chi connectivity index (χ2v) is 5.08. The van der Waals surface area contributed by atoms with Gasteiger partial charge in [0.25, 0.3) is 11.8 Å². The molecule has 0 saturated heterocycles. The number of nitrogens with two attached hydrogens (primary N) is 1. The lowest BCUT2D eigenvalue weighted by Crippen LogP contribution is -2.23. The number of carbonyl (C=O) groups is 3. The molecule has 0 aliphatic carbocycles. The van der Waals surface area contributed by atoms with Crippen LogP contribution in [0.5, 0.6) is 0 Å². The molecule has 0 fully saturated rings. The number of rotatable bonds is 6. The molecule has 0 atom stereocenters. The molecule has 0 bridgehead atoms. The number of hydrogen-bond donors (Lipinski definition) is 2. The van der Waals surface area contributed by atoms with Crippen molar-refractivity contribution in [2.24, 2.45) is 5.73 Å². The summed E-state index contributed by atoms with van der Waals surface area (Å²) in [5.74, 6) is -1.79. The lowest BCUT2D eigenvalue weighted by molar-refractivity contribution is -0.119. The zero-order chi connectivity index (χ0) is 17.5. The molecule has 0 aromatic heterocycles. The summed E-state index contributed by atoms with van der Waals surface area (Å²) in [6.07, 6.45) is 0.872. The van der Waals surface area contributed by atoms with Gasteiger partial charge in [0, 0.05) is 0 Å². The minimum Gasteiger partial charge on any atom is -0.452 e. The van der Waals surface area contributed by atoms with Crippen LogP contribution in [0.2, 0.25) is 0 Å². The Hall–Kier alpha value is -3.15. The Bertz CT molecular complexity index is 754. The molecular formula is C18H18N2O4. The predicted octanol–water partition coefficient (Wildman–Crippen LogP) is 2.14. The molecule has 3 N–H and O–H groups in total. The third-order valence-corrected chi connectivity index (χ3v) is 3.40. The molecule has 0 aliphatic heterocycles. The molecule has 0 heterocycles. The first kappa shape index (κ1) is 17.2. The van der Waals surface area contributed by atoms with Crippen molar-refractivity contribution in [3.05, 3.63) is 65.2 Å². The first-order chi connectivity index (χ1) is 11.5. The van der Waals surface area contributed by atoms with E-state index in [1.54, 1.807) is 30.3 Å². The van der Waals surface area contributed by atoms with Crippen LogP contribution in [-0.2, 0) is 16.0 Å². The Morgan fingerprint density at radius 2 is 1.71 bits per heavy atom. The topological polar surface area (TPSA) is 98.5 Å². The van der Waals surface area contributed by atoms with Gasteiger partial charge in [0.2, 0.25) is 0 Å². The lowest BCUT2D eigenvalue weighted by Gasteiger charge is -2.09. The Labute approximate surface area is 139 Å². The van der Waals surface area contributed by atoms with E-state index in [0.717, 1.165) is 12.0 Å². The van der Waals surface area contributed by atoms with Crippen molar-refractivity contribution < 1.29 is 19.1 Å². The van der Waals surface area contributed by atoms with Gasteiger partial charge in [-0.05, 0) is 36.2 Å². The Kier molecular flexibility index (Phi) is 5.68. The largest absolute Gasteiger partial charge is 0.452 e. The Morgan fingerprint density at radius 1 is 1.04 bits per heavy atom. The number of primary amides is 1. The van der Waals surface area contributed by atoms with Crippen molar-refractivity contribution in [2.75, 3.05) is 11.9 Å². The van der Waals surface area contributed by atoms with Crippen LogP contribution >= 0.6 is 0 Å². The fraction of sp³-hybridized carbons (Fsp3) is 0.167. The molecule has 0 spiro atoms. The average molecular weight is 326 g/mol. The number of para-hydroxylation sites is 1. The summed E-state index contributed by atoms with van der Waals surface area (Å²) in [4.78, 5) is 35.1. The normalized spacial score (nSPS) is 10.0. The van der Waals surface area contributed by atoms with Crippen LogP contribution in [0, 0.1) is 0 Å². The monoisotopic (exact) mass is 326 g/mol. The fourth-order valence-electron chi connectivity index (χ4n) is 2.08. The zero-order valence-corrected chi connectivity index (χ0v) is 13.2. The molecule has 6 nitrogen and oxygen atoms in total. The fourth-order valence-corrected chi connectivity index (χ4v) is 2.08. The predicted molar refractivity (Wildman–Crippen MR) is 89.7 cm³/mol. The third-order valence-electron chi connectivity index (χ3n) is 3.40. The second kappa shape index (κ2) is 7.92. The van der Waals surface area contributed by atoms with Crippen LogP contribution in [0.4, 0.5) is 5.69 Å². The molecule has 2 aromatic rings. The molecule has 2 rings (SSSR count). The van der Waals surface area contributed by atoms with E-state index in [9.17, 15) is 14.4 Å². The minimum atomic E-state index is -0.654. The number of hydrogen-bond acceptors (Lipinski definition) is 4. The molecule has 0 radical (unpaired) electrons. The van der Waals surface area contributed by atoms with Crippen molar-refractivity contribution >= 4 is 23.5 Å². The molecule has 124 valence electrons. The van der Waals surface area contributed by atoms with E-state index in [4.69, 9.17) is 10.5 Å². The summed E-state index contributed by atoms with van der Waals surface area (Å²) < 4.78 is 4.97. The molecule has 0 unspecified atom stereocenters. The van der Waals surface area contributed by atoms with Crippen LogP contribution in [0.3, 0.4) is 0 Å². The van der Waals surface area contributed by atoms with Gasteiger partial charge in [-0.15, -0.1) is 0 Å². The van der Waals surface area contributed by atoms with Crippen LogP contribution in [0.15, 0.2) is 48.5 Å². The standard InChI is InChI=1S/C18H18N2O4/c1-2-12-7-9-13(10-8-12)18(23)24-11-16(21)20-15-6-4-3-5-14(15)17(19)22/h3-10H,2,11H2,1H3,(H2,19,22)(H,20,21). The van der Waals surface area contributed by atoms with Gasteiger partial charge in [-0.2, -0.15) is 0 Å². The number of benzene rings is 2. The molecule has 2 amide bonds. The van der Waals surface area contributed by atoms with Gasteiger partial charge in [-0.3, -0.25) is 9.59 Å². The average Bonchev–Trinajstić information content (AvgIpc) is 2.60. The quantitative estimate of drug-likeness (QED) is 0.795. The van der Waals surface area contributed by atoms with Crippen molar-refractivity contribution in [3.63, 3.8) is 0 Å². The van der Waals surface area contributed by atoms with Gasteiger partial charge in [0.1, 0.15) is 0 Å². The summed E-state index contributed by atoms with van der Waals surface area (Å²) in [5.41, 5.74) is 7.18. The van der Waals surface area contributed by atoms with E-state index in [1.165, 1.54) is 6.07 Å². The second-order valence-electron chi connectivity index (χ2n) is 5.08. The maximum Gasteiger partial charge on any atom is 0.338 e. The van der Waals surface area contributed by atoms with Crippen molar-refractivity contribution in [3.8, 4) is 0 Å². The number of aryl methyl sites for hydroxylation is 1. The van der Waals surface area contributed by atoms with E-state index in [-0.39, 0.29) is 11.3 Å². The maximum absolute atomic E-state index is 11.9. The number of esters is 1. The van der Waals surface area contributed by atoms with Gasteiger partial charge < -0.3 is 15.8 Å². The van der Waals surface area contributed by atoms with E-state index in [1.807, 2.05) is 19.1 Å². The van der Waals surface area contributed by atoms with Gasteiger partial charge in [0.15, 0.2) is 6.61 Å². The van der Waals surface area contributed by atoms with Crippen LogP contribution < -0.4 is 11.1 Å². The first-order valence-electron chi connectivity index (χ1n) is 7.46. The smallest absolute Gasteiger partial charge is 0.338 e. The van der Waals surface area contributed by atoms with E-state index in [2.05, 4.69) is 5.32 Å². The summed E-state index contributed by atoms with van der Waals surface area (Å²) in [6.45, 7) is 1.56. The van der Waals surface area contributed by atoms with Crippen molar-refractivity contribution in [1.82, 2.24) is 0 Å². The highest BCUT2D eigenvalue weighted by Gasteiger charge is 2.13. The van der Waals surface area contributed by atoms with Gasteiger partial charge in [-0.1, -0.05) is 31.2 Å². The summed E-state index contributed by atoms with van der Waals surface area (Å²) >= 11 is 0. The van der Waals surface area contributed by atoms with Crippen molar-refractivity contribution in [1.29, 1.82) is 0 Å². The summed E-state index contributed by atoms with van der Waals surface area (Å²) in [7, 11) is 0. The molecule has 24 heavy (non-hydrogen) atoms. The number of ether oxygens (including phenoxy) is 1. The van der Waals surface area contributed by atoms with Crippen LogP contribution in [-0.4, -0.2) is 24.4 Å². The Balaban J connectivity index is 1.93. The Morgan fingerprint density at radius 3 is 2.33 bits per heavy atom. The third kappa shape index (κ3) is 4.42. The number of nitrogens with one attached hydrogen (secondary N) is 1. The lowest BCUT2D eigenvalue weighted by atomic mass is 10.1. The van der Waals surface area contributed by atoms with Gasteiger partial charge in [0.05, 0.1) is 16.8 Å². The highest BCUT2D eigenvalue weighted by molar-refractivity contribution is 6.03. The highest BCUT2D eigenvalue weighted by atomic mass is 16.5. The molecule has 2 aromatic carbocycles. The summed E-state index contributed by atoms with van der Waals surface area (Å²) in [6, 6.07) is 13.3. The number of carbonyl (C=O) groups excluding carboxylic acids is 3. The SMILES string of the molecule is CCc1ccc(C(=O)OCC(=O)Nc2ccccc2C(N)=O)cc1. The van der Waals surface area contributed by atoms with E-state index >= 15 is 0 Å². The highest BCUT2D eigenvalue weighted by Crippen LogP contribution is 2.14. The van der Waals surface area contributed by atoms with E-state index in [0.29, 0.717) is 5.56 Å². The minimum absolute atomic E-state index is 0.187. The van der Waals surface area contributed by atoms with E-state index < -0.39 is 24.4 Å². The molecule has 0 saturated carbocycles. The molecular weight excluding hydrogens is 308 g/mol. The first-order valence-corrected chi connectivity index (χ1v) is 7.46. The summed E-state index contributed by atoms with van der Waals surface area (Å²) in [5, 5.41) is 2.50. The maximum atomic E-state index is 11.9. The van der Waals surface area contributed by atoms with Gasteiger partial charge >= 0.3 is 5.97 Å². The van der Waals surface area contributed by atoms with Crippen LogP contribution in [0.25, 0.3) is 0 Å².